The van der Waals surface area contributed by atoms with E-state index in [4.69, 9.17) is 24.3 Å². The molecule has 0 aromatic heterocycles. The molecule has 9 heteroatoms. The highest BCUT2D eigenvalue weighted by atomic mass is 31.2. The number of esters is 1. The van der Waals surface area contributed by atoms with E-state index in [-0.39, 0.29) is 32.3 Å². The van der Waals surface area contributed by atoms with E-state index in [9.17, 15) is 14.3 Å². The molecule has 8 nitrogen and oxygen atoms in total. The Kier molecular flexibility index (Phi) is 50.7. The van der Waals surface area contributed by atoms with Crippen LogP contribution in [0.2, 0.25) is 0 Å². The molecular formula is C54H104NO7P. The summed E-state index contributed by atoms with van der Waals surface area (Å²) in [5, 5.41) is 0. The minimum absolute atomic E-state index is 0.0947. The summed E-state index contributed by atoms with van der Waals surface area (Å²) in [6.45, 7) is 4.96. The standard InChI is InChI=1S/C54H104NO7P/c1-3-5-7-9-11-13-15-17-19-21-23-24-25-26-27-28-29-31-33-35-37-39-41-43-45-47-54(56)62-53(52-61-63(57,58)60-50-48-55)51-59-49-46-44-42-40-38-36-34-32-30-22-20-18-16-14-12-10-8-6-4-2/h15,17,21,23,25-26,53H,3-14,16,18-20,22,24,27-52,55H2,1-2H3,(H,57,58)/b17-15-,23-21-,26-25-. The first-order valence-corrected chi connectivity index (χ1v) is 28.5. The van der Waals surface area contributed by atoms with Gasteiger partial charge in [0.15, 0.2) is 0 Å². The summed E-state index contributed by atoms with van der Waals surface area (Å²) in [4.78, 5) is 22.6. The second kappa shape index (κ2) is 51.7. The van der Waals surface area contributed by atoms with E-state index >= 15 is 0 Å². The van der Waals surface area contributed by atoms with Crippen LogP contribution in [0, 0.1) is 0 Å². The molecule has 3 N–H and O–H groups in total. The number of hydrogen-bond donors (Lipinski definition) is 2. The molecule has 0 aliphatic rings. The Balaban J connectivity index is 3.91. The van der Waals surface area contributed by atoms with E-state index in [1.807, 2.05) is 0 Å². The third-order valence-corrected chi connectivity index (χ3v) is 12.8. The topological polar surface area (TPSA) is 117 Å². The number of nitrogens with two attached hydrogens (primary N) is 1. The van der Waals surface area contributed by atoms with Crippen molar-refractivity contribution in [1.82, 2.24) is 0 Å². The van der Waals surface area contributed by atoms with Crippen LogP contribution in [-0.2, 0) is 27.9 Å². The number of carbonyl (C=O) groups excluding carboxylic acids is 1. The van der Waals surface area contributed by atoms with Crippen molar-refractivity contribution in [2.45, 2.75) is 270 Å². The lowest BCUT2D eigenvalue weighted by Crippen LogP contribution is -2.28. The Bertz CT molecular complexity index is 1070. The summed E-state index contributed by atoms with van der Waals surface area (Å²) < 4.78 is 33.6. The van der Waals surface area contributed by atoms with Crippen molar-refractivity contribution in [2.24, 2.45) is 5.73 Å². The Hall–Kier alpha value is -1.28. The van der Waals surface area contributed by atoms with Crippen LogP contribution in [-0.4, -0.2) is 49.9 Å². The lowest BCUT2D eigenvalue weighted by molar-refractivity contribution is -0.154. The zero-order chi connectivity index (χ0) is 45.8. The molecule has 0 aromatic rings. The van der Waals surface area contributed by atoms with Gasteiger partial charge in [-0.2, -0.15) is 0 Å². The van der Waals surface area contributed by atoms with Gasteiger partial charge in [-0.1, -0.05) is 243 Å². The number of phosphoric ester groups is 1. The molecule has 0 rings (SSSR count). The van der Waals surface area contributed by atoms with Crippen LogP contribution in [0.3, 0.4) is 0 Å². The van der Waals surface area contributed by atoms with Crippen LogP contribution >= 0.6 is 7.82 Å². The van der Waals surface area contributed by atoms with Crippen molar-refractivity contribution in [2.75, 3.05) is 33.0 Å². The number of allylic oxidation sites excluding steroid dienone is 6. The molecular weight excluding hydrogens is 806 g/mol. The molecule has 0 aromatic carbocycles. The van der Waals surface area contributed by atoms with Crippen molar-refractivity contribution >= 4 is 13.8 Å². The molecule has 63 heavy (non-hydrogen) atoms. The van der Waals surface area contributed by atoms with Gasteiger partial charge in [-0.3, -0.25) is 13.8 Å². The van der Waals surface area contributed by atoms with Gasteiger partial charge >= 0.3 is 13.8 Å². The number of hydrogen-bond acceptors (Lipinski definition) is 7. The molecule has 0 aliphatic heterocycles. The number of rotatable bonds is 52. The van der Waals surface area contributed by atoms with E-state index in [0.29, 0.717) is 13.0 Å². The smallest absolute Gasteiger partial charge is 0.457 e. The van der Waals surface area contributed by atoms with Crippen LogP contribution in [0.1, 0.15) is 264 Å². The molecule has 2 unspecified atom stereocenters. The van der Waals surface area contributed by atoms with E-state index in [2.05, 4.69) is 50.3 Å². The molecule has 0 saturated heterocycles. The normalized spacial score (nSPS) is 13.5. The average Bonchev–Trinajstić information content (AvgIpc) is 3.28. The van der Waals surface area contributed by atoms with Gasteiger partial charge in [0, 0.05) is 19.6 Å². The highest BCUT2D eigenvalue weighted by Gasteiger charge is 2.25. The van der Waals surface area contributed by atoms with Crippen LogP contribution in [0.4, 0.5) is 0 Å². The number of phosphoric acid groups is 1. The summed E-state index contributed by atoms with van der Waals surface area (Å²) >= 11 is 0. The molecule has 0 bridgehead atoms. The Morgan fingerprint density at radius 3 is 1.25 bits per heavy atom. The molecule has 0 radical (unpaired) electrons. The van der Waals surface area contributed by atoms with Crippen molar-refractivity contribution < 1.29 is 32.8 Å². The van der Waals surface area contributed by atoms with Crippen LogP contribution < -0.4 is 5.73 Å². The van der Waals surface area contributed by atoms with E-state index < -0.39 is 13.9 Å². The maximum atomic E-state index is 12.7. The fraction of sp³-hybridized carbons (Fsp3) is 0.870. The third kappa shape index (κ3) is 51.6. The fourth-order valence-electron chi connectivity index (χ4n) is 7.83. The van der Waals surface area contributed by atoms with Gasteiger partial charge in [-0.05, 0) is 51.4 Å². The molecule has 0 heterocycles. The zero-order valence-corrected chi connectivity index (χ0v) is 42.5. The predicted molar refractivity (Wildman–Crippen MR) is 270 cm³/mol. The number of ether oxygens (including phenoxy) is 2. The van der Waals surface area contributed by atoms with Crippen LogP contribution in [0.25, 0.3) is 0 Å². The Labute approximate surface area is 390 Å². The van der Waals surface area contributed by atoms with Crippen molar-refractivity contribution in [3.05, 3.63) is 36.5 Å². The summed E-state index contributed by atoms with van der Waals surface area (Å²) in [6.07, 6.45) is 61.8. The van der Waals surface area contributed by atoms with Crippen LogP contribution in [0.15, 0.2) is 36.5 Å². The average molecular weight is 910 g/mol. The first-order chi connectivity index (χ1) is 30.9. The van der Waals surface area contributed by atoms with Gasteiger partial charge in [-0.15, -0.1) is 0 Å². The minimum Gasteiger partial charge on any atom is -0.457 e. The van der Waals surface area contributed by atoms with Crippen molar-refractivity contribution in [3.63, 3.8) is 0 Å². The second-order valence-electron chi connectivity index (χ2n) is 18.1. The molecule has 2 atom stereocenters. The molecule has 0 spiro atoms. The molecule has 372 valence electrons. The van der Waals surface area contributed by atoms with Gasteiger partial charge in [0.1, 0.15) is 6.10 Å². The molecule has 0 saturated carbocycles. The zero-order valence-electron chi connectivity index (χ0n) is 41.6. The maximum Gasteiger partial charge on any atom is 0.472 e. The SMILES string of the molecule is CCCCCCC/C=C\C/C=C\C/C=C\CCCCCCCCCCCCC(=O)OC(COCCCCCCCCCCCCCCCCCCCCC)COP(=O)(O)OCCN. The van der Waals surface area contributed by atoms with E-state index in [0.717, 1.165) is 44.9 Å². The predicted octanol–water partition coefficient (Wildman–Crippen LogP) is 16.9. The van der Waals surface area contributed by atoms with Crippen molar-refractivity contribution in [3.8, 4) is 0 Å². The highest BCUT2D eigenvalue weighted by molar-refractivity contribution is 7.47. The quantitative estimate of drug-likeness (QED) is 0.0268. The lowest BCUT2D eigenvalue weighted by Gasteiger charge is -2.20. The van der Waals surface area contributed by atoms with Gasteiger partial charge < -0.3 is 20.1 Å². The third-order valence-electron chi connectivity index (χ3n) is 11.8. The second-order valence-corrected chi connectivity index (χ2v) is 19.6. The monoisotopic (exact) mass is 910 g/mol. The van der Waals surface area contributed by atoms with Crippen LogP contribution in [0.5, 0.6) is 0 Å². The highest BCUT2D eigenvalue weighted by Crippen LogP contribution is 2.43. The number of carbonyl (C=O) groups is 1. The molecule has 0 fully saturated rings. The number of unbranched alkanes of at least 4 members (excludes halogenated alkanes) is 33. The molecule has 0 aliphatic carbocycles. The van der Waals surface area contributed by atoms with Gasteiger partial charge in [0.2, 0.25) is 0 Å². The fourth-order valence-corrected chi connectivity index (χ4v) is 8.60. The maximum absolute atomic E-state index is 12.7. The van der Waals surface area contributed by atoms with Gasteiger partial charge in [0.05, 0.1) is 19.8 Å². The summed E-state index contributed by atoms with van der Waals surface area (Å²) in [7, 11) is -4.28. The largest absolute Gasteiger partial charge is 0.472 e. The lowest BCUT2D eigenvalue weighted by atomic mass is 10.0. The van der Waals surface area contributed by atoms with E-state index in [1.54, 1.807) is 0 Å². The molecule has 0 amide bonds. The minimum atomic E-state index is -4.28. The first kappa shape index (κ1) is 61.7. The Morgan fingerprint density at radius 2 is 0.841 bits per heavy atom. The van der Waals surface area contributed by atoms with Gasteiger partial charge in [0.25, 0.3) is 0 Å². The van der Waals surface area contributed by atoms with Gasteiger partial charge in [-0.25, -0.2) is 4.57 Å². The summed E-state index contributed by atoms with van der Waals surface area (Å²) in [5.41, 5.74) is 5.39. The summed E-state index contributed by atoms with van der Waals surface area (Å²) in [5.74, 6) is -0.329. The first-order valence-electron chi connectivity index (χ1n) is 27.0. The van der Waals surface area contributed by atoms with Crippen molar-refractivity contribution in [1.29, 1.82) is 0 Å². The Morgan fingerprint density at radius 1 is 0.476 bits per heavy atom. The van der Waals surface area contributed by atoms with E-state index in [1.165, 1.54) is 199 Å². The summed E-state index contributed by atoms with van der Waals surface area (Å²) in [6, 6.07) is 0.